The third kappa shape index (κ3) is 10.8. The summed E-state index contributed by atoms with van der Waals surface area (Å²) >= 11 is 0. The van der Waals surface area contributed by atoms with Crippen LogP contribution in [0.5, 0.6) is 17.2 Å². The number of aryl methyl sites for hydroxylation is 2. The number of carbonyl (C=O) groups excluding carboxylic acids is 1. The van der Waals surface area contributed by atoms with E-state index in [1.807, 2.05) is 12.1 Å². The zero-order chi connectivity index (χ0) is 28.8. The summed E-state index contributed by atoms with van der Waals surface area (Å²) in [6.07, 6.45) is 9.76. The SMILES string of the molecule is CCCCCOc1cc(OCCCCC)c(PC(=O)c2c(C)cc(C(C)(C)C)cc2C)c(OCCCCC)c1. The fourth-order valence-electron chi connectivity index (χ4n) is 4.54. The van der Waals surface area contributed by atoms with Gasteiger partial charge in [0.1, 0.15) is 17.2 Å². The minimum Gasteiger partial charge on any atom is -0.493 e. The van der Waals surface area contributed by atoms with Gasteiger partial charge in [-0.3, -0.25) is 4.79 Å². The maximum atomic E-state index is 13.9. The van der Waals surface area contributed by atoms with E-state index < -0.39 is 0 Å². The Morgan fingerprint density at radius 2 is 1.13 bits per heavy atom. The highest BCUT2D eigenvalue weighted by Crippen LogP contribution is 2.37. The van der Waals surface area contributed by atoms with Crippen molar-refractivity contribution in [3.8, 4) is 17.2 Å². The molecule has 1 unspecified atom stereocenters. The van der Waals surface area contributed by atoms with Crippen LogP contribution in [0.15, 0.2) is 24.3 Å². The van der Waals surface area contributed by atoms with Gasteiger partial charge in [0.15, 0.2) is 5.52 Å². The predicted molar refractivity (Wildman–Crippen MR) is 168 cm³/mol. The number of carbonyl (C=O) groups is 1. The first-order valence-electron chi connectivity index (χ1n) is 15.1. The highest BCUT2D eigenvalue weighted by molar-refractivity contribution is 7.66. The van der Waals surface area contributed by atoms with Gasteiger partial charge in [-0.15, -0.1) is 0 Å². The number of unbranched alkanes of at least 4 members (excludes halogenated alkanes) is 6. The number of rotatable bonds is 18. The van der Waals surface area contributed by atoms with Gasteiger partial charge < -0.3 is 14.2 Å². The van der Waals surface area contributed by atoms with Crippen LogP contribution >= 0.6 is 8.58 Å². The molecule has 218 valence electrons. The van der Waals surface area contributed by atoms with Gasteiger partial charge in [0.2, 0.25) is 0 Å². The second kappa shape index (κ2) is 16.9. The van der Waals surface area contributed by atoms with Crippen molar-refractivity contribution in [1.82, 2.24) is 0 Å². The molecule has 0 fully saturated rings. The summed E-state index contributed by atoms with van der Waals surface area (Å²) in [6, 6.07) is 8.27. The Balaban J connectivity index is 2.45. The lowest BCUT2D eigenvalue weighted by Crippen LogP contribution is -2.16. The summed E-state index contributed by atoms with van der Waals surface area (Å²) in [5, 5.41) is 0.854. The lowest BCUT2D eigenvalue weighted by Gasteiger charge is -2.22. The highest BCUT2D eigenvalue weighted by Gasteiger charge is 2.23. The summed E-state index contributed by atoms with van der Waals surface area (Å²) < 4.78 is 18.8. The summed E-state index contributed by atoms with van der Waals surface area (Å²) in [5.41, 5.74) is 4.29. The third-order valence-corrected chi connectivity index (χ3v) is 8.15. The van der Waals surface area contributed by atoms with Crippen LogP contribution in [0.1, 0.15) is 126 Å². The second-order valence-electron chi connectivity index (χ2n) is 11.7. The zero-order valence-corrected chi connectivity index (χ0v) is 26.9. The Labute approximate surface area is 240 Å². The van der Waals surface area contributed by atoms with E-state index in [1.54, 1.807) is 0 Å². The highest BCUT2D eigenvalue weighted by atomic mass is 31.1. The van der Waals surface area contributed by atoms with Crippen LogP contribution in [-0.4, -0.2) is 25.3 Å². The second-order valence-corrected chi connectivity index (χ2v) is 12.9. The molecule has 5 heteroatoms. The van der Waals surface area contributed by atoms with E-state index in [9.17, 15) is 4.79 Å². The molecule has 0 spiro atoms. The molecule has 0 aliphatic carbocycles. The van der Waals surface area contributed by atoms with Gasteiger partial charge in [-0.2, -0.15) is 0 Å². The fraction of sp³-hybridized carbons (Fsp3) is 0.618. The number of hydrogen-bond donors (Lipinski definition) is 0. The summed E-state index contributed by atoms with van der Waals surface area (Å²) in [7, 11) is -0.0918. The minimum atomic E-state index is -0.0918. The summed E-state index contributed by atoms with van der Waals surface area (Å²) in [5.74, 6) is 2.20. The van der Waals surface area contributed by atoms with Crippen LogP contribution in [0.2, 0.25) is 0 Å². The Hall–Kier alpha value is -2.06. The molecule has 2 aromatic carbocycles. The predicted octanol–water partition coefficient (Wildman–Crippen LogP) is 9.45. The number of hydrogen-bond acceptors (Lipinski definition) is 4. The van der Waals surface area contributed by atoms with Crippen molar-refractivity contribution < 1.29 is 19.0 Å². The molecule has 0 heterocycles. The lowest BCUT2D eigenvalue weighted by atomic mass is 9.84. The normalized spacial score (nSPS) is 11.8. The van der Waals surface area contributed by atoms with Gasteiger partial charge in [0, 0.05) is 17.7 Å². The molecule has 0 N–H and O–H groups in total. The van der Waals surface area contributed by atoms with Crippen molar-refractivity contribution in [2.45, 2.75) is 119 Å². The van der Waals surface area contributed by atoms with E-state index in [4.69, 9.17) is 14.2 Å². The quantitative estimate of drug-likeness (QED) is 0.135. The van der Waals surface area contributed by atoms with Crippen molar-refractivity contribution in [2.24, 2.45) is 0 Å². The molecule has 0 radical (unpaired) electrons. The maximum Gasteiger partial charge on any atom is 0.186 e. The van der Waals surface area contributed by atoms with Crippen LogP contribution < -0.4 is 19.5 Å². The molecule has 2 aromatic rings. The average molecular weight is 557 g/mol. The van der Waals surface area contributed by atoms with Crippen LogP contribution in [0, 0.1) is 13.8 Å². The van der Waals surface area contributed by atoms with E-state index in [0.717, 1.165) is 97.0 Å². The van der Waals surface area contributed by atoms with Crippen LogP contribution in [-0.2, 0) is 5.41 Å². The van der Waals surface area contributed by atoms with Crippen LogP contribution in [0.25, 0.3) is 0 Å². The first kappa shape index (κ1) is 33.1. The first-order valence-corrected chi connectivity index (χ1v) is 16.1. The van der Waals surface area contributed by atoms with E-state index >= 15 is 0 Å². The molecule has 4 nitrogen and oxygen atoms in total. The van der Waals surface area contributed by atoms with Gasteiger partial charge in [-0.25, -0.2) is 0 Å². The van der Waals surface area contributed by atoms with E-state index in [1.165, 1.54) is 5.56 Å². The largest absolute Gasteiger partial charge is 0.493 e. The Kier molecular flexibility index (Phi) is 14.4. The lowest BCUT2D eigenvalue weighted by molar-refractivity contribution is 0.108. The Morgan fingerprint density at radius 3 is 1.54 bits per heavy atom. The smallest absolute Gasteiger partial charge is 0.186 e. The molecule has 1 atom stereocenters. The first-order chi connectivity index (χ1) is 18.6. The Bertz CT molecular complexity index is 982. The van der Waals surface area contributed by atoms with Crippen molar-refractivity contribution >= 4 is 19.4 Å². The van der Waals surface area contributed by atoms with Crippen molar-refractivity contribution in [2.75, 3.05) is 19.8 Å². The molecule has 0 saturated carbocycles. The number of benzene rings is 2. The monoisotopic (exact) mass is 556 g/mol. The van der Waals surface area contributed by atoms with Gasteiger partial charge >= 0.3 is 0 Å². The molecule has 0 amide bonds. The van der Waals surface area contributed by atoms with Gasteiger partial charge in [-0.1, -0.05) is 92.2 Å². The fourth-order valence-corrected chi connectivity index (χ4v) is 5.82. The molecule has 2 rings (SSSR count). The minimum absolute atomic E-state index is 0.0331. The number of ether oxygens (including phenoxy) is 3. The molecule has 39 heavy (non-hydrogen) atoms. The molecule has 0 saturated heterocycles. The van der Waals surface area contributed by atoms with E-state index in [-0.39, 0.29) is 19.5 Å². The molecule has 0 aromatic heterocycles. The zero-order valence-electron chi connectivity index (χ0n) is 25.9. The van der Waals surface area contributed by atoms with Crippen molar-refractivity contribution in [3.05, 3.63) is 46.5 Å². The van der Waals surface area contributed by atoms with Crippen LogP contribution in [0.3, 0.4) is 0 Å². The molecule has 0 bridgehead atoms. The Morgan fingerprint density at radius 1 is 0.692 bits per heavy atom. The summed E-state index contributed by atoms with van der Waals surface area (Å²) in [6.45, 7) is 19.2. The maximum absolute atomic E-state index is 13.9. The van der Waals surface area contributed by atoms with E-state index in [2.05, 4.69) is 67.5 Å². The molecular formula is C34H53O4P. The van der Waals surface area contributed by atoms with Crippen molar-refractivity contribution in [1.29, 1.82) is 0 Å². The average Bonchev–Trinajstić information content (AvgIpc) is 2.87. The third-order valence-electron chi connectivity index (χ3n) is 6.93. The standard InChI is InChI=1S/C34H53O4P/c1-9-12-15-18-36-28-23-29(37-19-16-13-10-2)32(30(24-28)38-20-17-14-11-3)39-33(35)31-25(4)21-27(22-26(31)5)34(6,7)8/h21-24,39H,9-20H2,1-8H3. The topological polar surface area (TPSA) is 44.8 Å². The molecule has 0 aliphatic heterocycles. The van der Waals surface area contributed by atoms with Gasteiger partial charge in [-0.05, 0) is 63.8 Å². The van der Waals surface area contributed by atoms with Gasteiger partial charge in [0.05, 0.1) is 25.1 Å². The van der Waals surface area contributed by atoms with Crippen molar-refractivity contribution in [3.63, 3.8) is 0 Å². The van der Waals surface area contributed by atoms with Crippen LogP contribution in [0.4, 0.5) is 0 Å². The van der Waals surface area contributed by atoms with E-state index in [0.29, 0.717) is 19.8 Å². The molecule has 0 aliphatic rings. The molecular weight excluding hydrogens is 503 g/mol. The summed E-state index contributed by atoms with van der Waals surface area (Å²) in [4.78, 5) is 13.9. The van der Waals surface area contributed by atoms with Gasteiger partial charge in [0.25, 0.3) is 0 Å².